The van der Waals surface area contributed by atoms with Crippen LogP contribution in [-0.2, 0) is 4.74 Å². The van der Waals surface area contributed by atoms with E-state index < -0.39 is 0 Å². The molecule has 2 nitrogen and oxygen atoms in total. The van der Waals surface area contributed by atoms with Crippen molar-refractivity contribution in [2.24, 2.45) is 5.41 Å². The van der Waals surface area contributed by atoms with Crippen LogP contribution in [-0.4, -0.2) is 37.7 Å². The molecule has 1 aliphatic carbocycles. The van der Waals surface area contributed by atoms with Crippen LogP contribution in [0.4, 0.5) is 0 Å². The van der Waals surface area contributed by atoms with Crippen molar-refractivity contribution in [1.29, 1.82) is 0 Å². The van der Waals surface area contributed by atoms with E-state index in [1.54, 1.807) is 0 Å². The number of morpholine rings is 1. The molecular formula is C12H21NO. The van der Waals surface area contributed by atoms with Crippen LogP contribution in [0.2, 0.25) is 0 Å². The highest BCUT2D eigenvalue weighted by atomic mass is 16.5. The smallest absolute Gasteiger partial charge is 0.0594 e. The SMILES string of the molecule is C=C(C)CC1(CN2CCOCC2)CC1. The molecule has 0 aromatic carbocycles. The average molecular weight is 195 g/mol. The third-order valence-electron chi connectivity index (χ3n) is 3.30. The minimum absolute atomic E-state index is 0.600. The lowest BCUT2D eigenvalue weighted by atomic mass is 9.97. The fraction of sp³-hybridized carbons (Fsp3) is 0.833. The van der Waals surface area contributed by atoms with Crippen molar-refractivity contribution in [1.82, 2.24) is 4.90 Å². The summed E-state index contributed by atoms with van der Waals surface area (Å²) in [5.74, 6) is 0. The summed E-state index contributed by atoms with van der Waals surface area (Å²) < 4.78 is 5.36. The Bertz CT molecular complexity index is 214. The number of ether oxygens (including phenoxy) is 1. The van der Waals surface area contributed by atoms with Crippen LogP contribution in [0.5, 0.6) is 0 Å². The normalized spacial score (nSPS) is 26.1. The summed E-state index contributed by atoms with van der Waals surface area (Å²) in [4.78, 5) is 2.56. The minimum atomic E-state index is 0.600. The van der Waals surface area contributed by atoms with Gasteiger partial charge in [-0.2, -0.15) is 0 Å². The minimum Gasteiger partial charge on any atom is -0.379 e. The fourth-order valence-electron chi connectivity index (χ4n) is 2.44. The second kappa shape index (κ2) is 4.03. The topological polar surface area (TPSA) is 12.5 Å². The van der Waals surface area contributed by atoms with E-state index in [-0.39, 0.29) is 0 Å². The van der Waals surface area contributed by atoms with Crippen LogP contribution in [0.3, 0.4) is 0 Å². The van der Waals surface area contributed by atoms with Crippen LogP contribution in [0, 0.1) is 5.41 Å². The van der Waals surface area contributed by atoms with Gasteiger partial charge in [-0.25, -0.2) is 0 Å². The van der Waals surface area contributed by atoms with E-state index in [9.17, 15) is 0 Å². The molecule has 0 atom stereocenters. The Kier molecular flexibility index (Phi) is 2.93. The summed E-state index contributed by atoms with van der Waals surface area (Å²) in [5, 5.41) is 0. The first-order chi connectivity index (χ1) is 6.70. The predicted molar refractivity (Wildman–Crippen MR) is 58.4 cm³/mol. The van der Waals surface area contributed by atoms with Gasteiger partial charge in [0, 0.05) is 19.6 Å². The van der Waals surface area contributed by atoms with Crippen LogP contribution in [0.1, 0.15) is 26.2 Å². The van der Waals surface area contributed by atoms with Gasteiger partial charge in [0.1, 0.15) is 0 Å². The number of hydrogen-bond acceptors (Lipinski definition) is 2. The fourth-order valence-corrected chi connectivity index (χ4v) is 2.44. The number of hydrogen-bond donors (Lipinski definition) is 0. The molecule has 0 aromatic heterocycles. The van der Waals surface area contributed by atoms with Crippen molar-refractivity contribution in [2.45, 2.75) is 26.2 Å². The average Bonchev–Trinajstić information content (AvgIpc) is 2.85. The van der Waals surface area contributed by atoms with Gasteiger partial charge >= 0.3 is 0 Å². The lowest BCUT2D eigenvalue weighted by Gasteiger charge is -2.30. The highest BCUT2D eigenvalue weighted by molar-refractivity contribution is 5.05. The molecule has 14 heavy (non-hydrogen) atoms. The molecule has 2 rings (SSSR count). The van der Waals surface area contributed by atoms with Crippen LogP contribution < -0.4 is 0 Å². The highest BCUT2D eigenvalue weighted by Gasteiger charge is 2.43. The van der Waals surface area contributed by atoms with E-state index in [2.05, 4.69) is 18.4 Å². The van der Waals surface area contributed by atoms with Gasteiger partial charge in [0.05, 0.1) is 13.2 Å². The lowest BCUT2D eigenvalue weighted by molar-refractivity contribution is 0.0284. The third-order valence-corrected chi connectivity index (χ3v) is 3.30. The first-order valence-corrected chi connectivity index (χ1v) is 5.65. The summed E-state index contributed by atoms with van der Waals surface area (Å²) in [6.45, 7) is 11.5. The predicted octanol–water partition coefficient (Wildman–Crippen LogP) is 2.06. The molecule has 1 saturated heterocycles. The van der Waals surface area contributed by atoms with Gasteiger partial charge in [0.2, 0.25) is 0 Å². The Labute approximate surface area is 86.9 Å². The van der Waals surface area contributed by atoms with E-state index in [0.717, 1.165) is 26.3 Å². The Morgan fingerprint density at radius 2 is 2.00 bits per heavy atom. The molecular weight excluding hydrogens is 174 g/mol. The third kappa shape index (κ3) is 2.58. The Balaban J connectivity index is 1.80. The van der Waals surface area contributed by atoms with Gasteiger partial charge in [0.15, 0.2) is 0 Å². The van der Waals surface area contributed by atoms with Crippen LogP contribution in [0.15, 0.2) is 12.2 Å². The molecule has 1 saturated carbocycles. The van der Waals surface area contributed by atoms with E-state index in [1.807, 2.05) is 0 Å². The molecule has 2 heteroatoms. The van der Waals surface area contributed by atoms with Crippen molar-refractivity contribution in [2.75, 3.05) is 32.8 Å². The zero-order chi connectivity index (χ0) is 10.0. The van der Waals surface area contributed by atoms with Crippen molar-refractivity contribution >= 4 is 0 Å². The summed E-state index contributed by atoms with van der Waals surface area (Å²) in [5.41, 5.74) is 1.94. The highest BCUT2D eigenvalue weighted by Crippen LogP contribution is 2.50. The van der Waals surface area contributed by atoms with Gasteiger partial charge in [-0.1, -0.05) is 5.57 Å². The quantitative estimate of drug-likeness (QED) is 0.637. The molecule has 0 N–H and O–H groups in total. The van der Waals surface area contributed by atoms with Crippen molar-refractivity contribution < 1.29 is 4.74 Å². The van der Waals surface area contributed by atoms with E-state index >= 15 is 0 Å². The number of allylic oxidation sites excluding steroid dienone is 1. The second-order valence-corrected chi connectivity index (χ2v) is 5.02. The van der Waals surface area contributed by atoms with Crippen LogP contribution >= 0.6 is 0 Å². The molecule has 0 radical (unpaired) electrons. The first-order valence-electron chi connectivity index (χ1n) is 5.65. The van der Waals surface area contributed by atoms with Crippen molar-refractivity contribution in [3.63, 3.8) is 0 Å². The molecule has 0 amide bonds. The molecule has 0 bridgehead atoms. The zero-order valence-electron chi connectivity index (χ0n) is 9.22. The van der Waals surface area contributed by atoms with Crippen LogP contribution in [0.25, 0.3) is 0 Å². The Hall–Kier alpha value is -0.340. The van der Waals surface area contributed by atoms with Crippen molar-refractivity contribution in [3.8, 4) is 0 Å². The van der Waals surface area contributed by atoms with E-state index in [0.29, 0.717) is 5.41 Å². The molecule has 0 spiro atoms. The summed E-state index contributed by atoms with van der Waals surface area (Å²) in [6, 6.07) is 0. The lowest BCUT2D eigenvalue weighted by Crippen LogP contribution is -2.40. The van der Waals surface area contributed by atoms with Gasteiger partial charge < -0.3 is 4.74 Å². The molecule has 0 unspecified atom stereocenters. The molecule has 2 fully saturated rings. The largest absolute Gasteiger partial charge is 0.379 e. The Morgan fingerprint density at radius 3 is 2.50 bits per heavy atom. The van der Waals surface area contributed by atoms with E-state index in [1.165, 1.54) is 31.4 Å². The number of rotatable bonds is 4. The van der Waals surface area contributed by atoms with E-state index in [4.69, 9.17) is 4.74 Å². The van der Waals surface area contributed by atoms with Gasteiger partial charge in [0.25, 0.3) is 0 Å². The molecule has 0 aromatic rings. The maximum atomic E-state index is 5.36. The standard InChI is InChI=1S/C12H21NO/c1-11(2)9-12(3-4-12)10-13-5-7-14-8-6-13/h1,3-10H2,2H3. The van der Waals surface area contributed by atoms with Gasteiger partial charge in [-0.15, -0.1) is 6.58 Å². The molecule has 1 aliphatic heterocycles. The Morgan fingerprint density at radius 1 is 1.36 bits per heavy atom. The summed E-state index contributed by atoms with van der Waals surface area (Å²) in [6.07, 6.45) is 4.03. The molecule has 80 valence electrons. The first kappa shape index (κ1) is 10.2. The second-order valence-electron chi connectivity index (χ2n) is 5.02. The zero-order valence-corrected chi connectivity index (χ0v) is 9.22. The summed E-state index contributed by atoms with van der Waals surface area (Å²) >= 11 is 0. The summed E-state index contributed by atoms with van der Waals surface area (Å²) in [7, 11) is 0. The molecule has 1 heterocycles. The number of nitrogens with zero attached hydrogens (tertiary/aromatic N) is 1. The van der Waals surface area contributed by atoms with Gasteiger partial charge in [-0.05, 0) is 31.6 Å². The maximum Gasteiger partial charge on any atom is 0.0594 e. The van der Waals surface area contributed by atoms with Gasteiger partial charge in [-0.3, -0.25) is 4.90 Å². The monoisotopic (exact) mass is 195 g/mol. The molecule has 2 aliphatic rings. The maximum absolute atomic E-state index is 5.36. The van der Waals surface area contributed by atoms with Crippen molar-refractivity contribution in [3.05, 3.63) is 12.2 Å².